The molecule has 0 saturated carbocycles. The van der Waals surface area contributed by atoms with E-state index in [0.717, 1.165) is 22.6 Å². The van der Waals surface area contributed by atoms with E-state index in [0.29, 0.717) is 16.5 Å². The maximum Gasteiger partial charge on any atom is 0.224 e. The normalized spacial score (nSPS) is 10.9. The number of nitrogens with one attached hydrogen (secondary N) is 1. The van der Waals surface area contributed by atoms with Crippen LogP contribution in [-0.4, -0.2) is 22.1 Å². The summed E-state index contributed by atoms with van der Waals surface area (Å²) in [5.41, 5.74) is 8.87. The third-order valence-corrected chi connectivity index (χ3v) is 3.90. The Kier molecular flexibility index (Phi) is 5.55. The number of hydrogen-bond acceptors (Lipinski definition) is 6. The summed E-state index contributed by atoms with van der Waals surface area (Å²) >= 11 is 11.9. The smallest absolute Gasteiger partial charge is 0.224 e. The summed E-state index contributed by atoms with van der Waals surface area (Å²) < 4.78 is 5.41. The van der Waals surface area contributed by atoms with Crippen molar-refractivity contribution in [3.05, 3.63) is 64.3 Å². The third-order valence-electron chi connectivity index (χ3n) is 3.44. The molecule has 0 fully saturated rings. The van der Waals surface area contributed by atoms with Gasteiger partial charge in [0.05, 0.1) is 19.0 Å². The maximum atomic E-state index is 6.10. The van der Waals surface area contributed by atoms with Crippen molar-refractivity contribution in [2.24, 2.45) is 0 Å². The van der Waals surface area contributed by atoms with Crippen molar-refractivity contribution in [2.75, 3.05) is 18.2 Å². The van der Waals surface area contributed by atoms with Gasteiger partial charge in [-0.1, -0.05) is 23.8 Å². The second-order valence-corrected chi connectivity index (χ2v) is 6.05. The number of ether oxygens (including phenoxy) is 1. The van der Waals surface area contributed by atoms with E-state index in [2.05, 4.69) is 20.3 Å². The Morgan fingerprint density at radius 3 is 2.73 bits per heavy atom. The van der Waals surface area contributed by atoms with Crippen LogP contribution in [0.15, 0.2) is 42.9 Å². The largest absolute Gasteiger partial charge is 0.496 e. The molecule has 0 aliphatic carbocycles. The fraction of sp³-hybridized carbons (Fsp3) is 0.0556. The molecule has 0 aliphatic heterocycles. The number of anilines is 3. The Bertz CT molecular complexity index is 962. The SMILES string of the molecule is COc1ccc(Nc2nc(Cl)ncc2Cl)cc1/C=C/c1cncc(N)c1. The minimum absolute atomic E-state index is 0.111. The van der Waals surface area contributed by atoms with E-state index in [4.69, 9.17) is 33.7 Å². The number of methoxy groups -OCH3 is 1. The van der Waals surface area contributed by atoms with Crippen LogP contribution >= 0.6 is 23.2 Å². The van der Waals surface area contributed by atoms with Gasteiger partial charge in [-0.3, -0.25) is 4.98 Å². The molecule has 3 N–H and O–H groups in total. The highest BCUT2D eigenvalue weighted by molar-refractivity contribution is 6.33. The van der Waals surface area contributed by atoms with Gasteiger partial charge in [-0.25, -0.2) is 4.98 Å². The number of halogens is 2. The van der Waals surface area contributed by atoms with E-state index < -0.39 is 0 Å². The van der Waals surface area contributed by atoms with Crippen molar-refractivity contribution < 1.29 is 4.74 Å². The molecule has 0 radical (unpaired) electrons. The number of aromatic nitrogens is 3. The van der Waals surface area contributed by atoms with Crippen molar-refractivity contribution in [1.29, 1.82) is 0 Å². The molecule has 2 heterocycles. The standard InChI is InChI=1S/C18H15Cl2N5O/c1-26-16-5-4-14(24-17-15(19)10-23-18(20)25-17)7-12(16)3-2-11-6-13(21)9-22-8-11/h2-10H,21H2,1H3,(H,23,24,25)/b3-2+. The van der Waals surface area contributed by atoms with Gasteiger partial charge in [-0.2, -0.15) is 4.98 Å². The van der Waals surface area contributed by atoms with Crippen LogP contribution in [0, 0.1) is 0 Å². The van der Waals surface area contributed by atoms with Crippen LogP contribution in [0.1, 0.15) is 11.1 Å². The first-order valence-electron chi connectivity index (χ1n) is 7.57. The molecule has 1 aromatic carbocycles. The molecule has 0 atom stereocenters. The Labute approximate surface area is 160 Å². The average Bonchev–Trinajstić information content (AvgIpc) is 2.63. The Balaban J connectivity index is 1.90. The van der Waals surface area contributed by atoms with Crippen LogP contribution in [0.5, 0.6) is 5.75 Å². The minimum atomic E-state index is 0.111. The van der Waals surface area contributed by atoms with E-state index in [-0.39, 0.29) is 5.28 Å². The minimum Gasteiger partial charge on any atom is -0.496 e. The van der Waals surface area contributed by atoms with Gasteiger partial charge in [0.2, 0.25) is 5.28 Å². The highest BCUT2D eigenvalue weighted by Crippen LogP contribution is 2.29. The lowest BCUT2D eigenvalue weighted by atomic mass is 10.1. The van der Waals surface area contributed by atoms with Gasteiger partial charge in [0.25, 0.3) is 0 Å². The van der Waals surface area contributed by atoms with Gasteiger partial charge in [0.15, 0.2) is 5.82 Å². The van der Waals surface area contributed by atoms with E-state index >= 15 is 0 Å². The summed E-state index contributed by atoms with van der Waals surface area (Å²) in [5.74, 6) is 1.14. The fourth-order valence-electron chi connectivity index (χ4n) is 2.27. The maximum absolute atomic E-state index is 6.10. The Morgan fingerprint density at radius 1 is 1.12 bits per heavy atom. The molecule has 0 unspecified atom stereocenters. The summed E-state index contributed by atoms with van der Waals surface area (Å²) in [4.78, 5) is 12.0. The number of benzene rings is 1. The number of hydrogen-bond donors (Lipinski definition) is 2. The first-order chi connectivity index (χ1) is 12.5. The van der Waals surface area contributed by atoms with Crippen molar-refractivity contribution in [1.82, 2.24) is 15.0 Å². The van der Waals surface area contributed by atoms with Gasteiger partial charge in [0.1, 0.15) is 10.8 Å². The van der Waals surface area contributed by atoms with Crippen LogP contribution in [0.4, 0.5) is 17.2 Å². The molecule has 26 heavy (non-hydrogen) atoms. The monoisotopic (exact) mass is 387 g/mol. The molecule has 132 valence electrons. The molecule has 8 heteroatoms. The Morgan fingerprint density at radius 2 is 1.96 bits per heavy atom. The van der Waals surface area contributed by atoms with Crippen LogP contribution in [-0.2, 0) is 0 Å². The van der Waals surface area contributed by atoms with E-state index in [9.17, 15) is 0 Å². The molecule has 0 amide bonds. The molecule has 0 spiro atoms. The first kappa shape index (κ1) is 18.0. The lowest BCUT2D eigenvalue weighted by molar-refractivity contribution is 0.414. The zero-order valence-electron chi connectivity index (χ0n) is 13.8. The summed E-state index contributed by atoms with van der Waals surface area (Å²) in [7, 11) is 1.61. The summed E-state index contributed by atoms with van der Waals surface area (Å²) in [6.07, 6.45) is 8.58. The van der Waals surface area contributed by atoms with E-state index in [1.54, 1.807) is 19.5 Å². The summed E-state index contributed by atoms with van der Waals surface area (Å²) in [5, 5.41) is 3.60. The summed E-state index contributed by atoms with van der Waals surface area (Å²) in [6, 6.07) is 7.43. The lowest BCUT2D eigenvalue weighted by Gasteiger charge is -2.11. The van der Waals surface area contributed by atoms with Gasteiger partial charge in [0, 0.05) is 23.6 Å². The van der Waals surface area contributed by atoms with Crippen molar-refractivity contribution >= 4 is 52.5 Å². The van der Waals surface area contributed by atoms with Gasteiger partial charge < -0.3 is 15.8 Å². The van der Waals surface area contributed by atoms with Crippen LogP contribution in [0.3, 0.4) is 0 Å². The number of rotatable bonds is 5. The number of nitrogen functional groups attached to an aromatic ring is 1. The topological polar surface area (TPSA) is 86.0 Å². The zero-order valence-corrected chi connectivity index (χ0v) is 15.3. The fourth-order valence-corrected chi connectivity index (χ4v) is 2.54. The van der Waals surface area contributed by atoms with Crippen molar-refractivity contribution in [3.8, 4) is 5.75 Å². The van der Waals surface area contributed by atoms with E-state index in [1.165, 1.54) is 6.20 Å². The number of pyridine rings is 1. The predicted octanol–water partition coefficient (Wildman–Crippen LogP) is 4.68. The average molecular weight is 388 g/mol. The second kappa shape index (κ2) is 8.03. The molecule has 3 rings (SSSR count). The van der Waals surface area contributed by atoms with Crippen molar-refractivity contribution in [3.63, 3.8) is 0 Å². The van der Waals surface area contributed by atoms with Crippen LogP contribution < -0.4 is 15.8 Å². The molecule has 6 nitrogen and oxygen atoms in total. The molecule has 0 bridgehead atoms. The molecular formula is C18H15Cl2N5O. The number of nitrogens with two attached hydrogens (primary N) is 1. The lowest BCUT2D eigenvalue weighted by Crippen LogP contribution is -1.97. The van der Waals surface area contributed by atoms with Gasteiger partial charge in [-0.15, -0.1) is 0 Å². The van der Waals surface area contributed by atoms with Crippen LogP contribution in [0.25, 0.3) is 12.2 Å². The Hall–Kier alpha value is -2.83. The first-order valence-corrected chi connectivity index (χ1v) is 8.32. The van der Waals surface area contributed by atoms with Crippen molar-refractivity contribution in [2.45, 2.75) is 0 Å². The zero-order chi connectivity index (χ0) is 18.5. The molecule has 0 aliphatic rings. The summed E-state index contributed by atoms with van der Waals surface area (Å²) in [6.45, 7) is 0. The third kappa shape index (κ3) is 4.41. The number of nitrogens with zero attached hydrogens (tertiary/aromatic N) is 3. The van der Waals surface area contributed by atoms with Crippen LogP contribution in [0.2, 0.25) is 10.3 Å². The quantitative estimate of drug-likeness (QED) is 0.617. The highest BCUT2D eigenvalue weighted by atomic mass is 35.5. The molecular weight excluding hydrogens is 373 g/mol. The second-order valence-electron chi connectivity index (χ2n) is 5.30. The van der Waals surface area contributed by atoms with Gasteiger partial charge >= 0.3 is 0 Å². The van der Waals surface area contributed by atoms with E-state index in [1.807, 2.05) is 36.4 Å². The van der Waals surface area contributed by atoms with Gasteiger partial charge in [-0.05, 0) is 41.4 Å². The predicted molar refractivity (Wildman–Crippen MR) is 106 cm³/mol. The molecule has 2 aromatic heterocycles. The molecule has 3 aromatic rings. The molecule has 0 saturated heterocycles. The highest BCUT2D eigenvalue weighted by Gasteiger charge is 2.07.